The Morgan fingerprint density at radius 1 is 0.955 bits per heavy atom. The molecular weight excluding hydrogens is 278 g/mol. The molecular formula is C17H21N3O2. The summed E-state index contributed by atoms with van der Waals surface area (Å²) >= 11 is 0. The molecule has 0 radical (unpaired) electrons. The van der Waals surface area contributed by atoms with Crippen LogP contribution in [0.1, 0.15) is 36.2 Å². The summed E-state index contributed by atoms with van der Waals surface area (Å²) in [4.78, 5) is 26.2. The number of benzene rings is 1. The summed E-state index contributed by atoms with van der Waals surface area (Å²) in [5.41, 5.74) is 1.40. The first-order chi connectivity index (χ1) is 10.8. The molecule has 0 spiro atoms. The minimum absolute atomic E-state index is 0.0293. The summed E-state index contributed by atoms with van der Waals surface area (Å²) in [6.07, 6.45) is 4.81. The van der Waals surface area contributed by atoms with E-state index in [4.69, 9.17) is 0 Å². The first-order valence-electron chi connectivity index (χ1n) is 7.52. The molecule has 0 atom stereocenters. The van der Waals surface area contributed by atoms with Crippen LogP contribution in [0, 0.1) is 0 Å². The van der Waals surface area contributed by atoms with E-state index in [1.165, 1.54) is 0 Å². The van der Waals surface area contributed by atoms with Gasteiger partial charge in [0.05, 0.1) is 0 Å². The van der Waals surface area contributed by atoms with Crippen LogP contribution in [0.25, 0.3) is 0 Å². The minimum Gasteiger partial charge on any atom is -0.357 e. The molecule has 0 saturated heterocycles. The molecule has 0 fully saturated rings. The fraction of sp³-hybridized carbons (Fsp3) is 0.294. The smallest absolute Gasteiger partial charge is 0.267 e. The van der Waals surface area contributed by atoms with Gasteiger partial charge in [-0.05, 0) is 37.1 Å². The number of nitrogens with one attached hydrogen (secondary N) is 3. The summed E-state index contributed by atoms with van der Waals surface area (Å²) in [5.74, 6) is -0.0616. The summed E-state index contributed by atoms with van der Waals surface area (Å²) < 4.78 is 0. The Kier molecular flexibility index (Phi) is 6.23. The lowest BCUT2D eigenvalue weighted by Gasteiger charge is -2.05. The van der Waals surface area contributed by atoms with Gasteiger partial charge in [-0.15, -0.1) is 0 Å². The molecule has 0 aliphatic heterocycles. The van der Waals surface area contributed by atoms with Crippen molar-refractivity contribution in [3.05, 3.63) is 54.4 Å². The Labute approximate surface area is 130 Å². The predicted molar refractivity (Wildman–Crippen MR) is 86.7 cm³/mol. The van der Waals surface area contributed by atoms with Crippen molar-refractivity contribution >= 4 is 17.5 Å². The normalized spacial score (nSPS) is 10.2. The quantitative estimate of drug-likeness (QED) is 0.656. The minimum atomic E-state index is -0.0909. The van der Waals surface area contributed by atoms with Gasteiger partial charge in [-0.25, -0.2) is 0 Å². The second kappa shape index (κ2) is 8.67. The lowest BCUT2D eigenvalue weighted by Crippen LogP contribution is -2.24. The number of para-hydroxylation sites is 1. The fourth-order valence-corrected chi connectivity index (χ4v) is 2.10. The highest BCUT2D eigenvalue weighted by Crippen LogP contribution is 2.07. The van der Waals surface area contributed by atoms with Gasteiger partial charge in [0.2, 0.25) is 5.91 Å². The van der Waals surface area contributed by atoms with Crippen molar-refractivity contribution in [3.63, 3.8) is 0 Å². The first-order valence-corrected chi connectivity index (χ1v) is 7.52. The standard InChI is InChI=1S/C17H21N3O2/c21-16(20-14-8-3-1-4-9-14)11-5-2-6-12-19-17(22)15-10-7-13-18-15/h1,3-4,7-10,13,18H,2,5-6,11-12H2,(H,19,22)(H,20,21). The number of hydrogen-bond donors (Lipinski definition) is 3. The molecule has 22 heavy (non-hydrogen) atoms. The largest absolute Gasteiger partial charge is 0.357 e. The van der Waals surface area contributed by atoms with Crippen LogP contribution in [0.5, 0.6) is 0 Å². The lowest BCUT2D eigenvalue weighted by atomic mass is 10.2. The van der Waals surface area contributed by atoms with E-state index in [-0.39, 0.29) is 11.8 Å². The van der Waals surface area contributed by atoms with E-state index in [0.717, 1.165) is 24.9 Å². The molecule has 0 saturated carbocycles. The van der Waals surface area contributed by atoms with Gasteiger partial charge in [0.25, 0.3) is 5.91 Å². The van der Waals surface area contributed by atoms with E-state index in [9.17, 15) is 9.59 Å². The van der Waals surface area contributed by atoms with Crippen LogP contribution < -0.4 is 10.6 Å². The molecule has 5 heteroatoms. The summed E-state index contributed by atoms with van der Waals surface area (Å²) in [6.45, 7) is 0.623. The van der Waals surface area contributed by atoms with Gasteiger partial charge in [0.1, 0.15) is 5.69 Å². The summed E-state index contributed by atoms with van der Waals surface area (Å²) in [7, 11) is 0. The third kappa shape index (κ3) is 5.44. The molecule has 116 valence electrons. The van der Waals surface area contributed by atoms with Crippen molar-refractivity contribution in [2.24, 2.45) is 0 Å². The molecule has 3 N–H and O–H groups in total. The number of aromatic nitrogens is 1. The Hall–Kier alpha value is -2.56. The van der Waals surface area contributed by atoms with Crippen LogP contribution in [0.3, 0.4) is 0 Å². The highest BCUT2D eigenvalue weighted by Gasteiger charge is 2.05. The fourth-order valence-electron chi connectivity index (χ4n) is 2.10. The molecule has 2 aromatic rings. The van der Waals surface area contributed by atoms with E-state index < -0.39 is 0 Å². The molecule has 2 rings (SSSR count). The number of hydrogen-bond acceptors (Lipinski definition) is 2. The van der Waals surface area contributed by atoms with Gasteiger partial charge in [-0.2, -0.15) is 0 Å². The zero-order chi connectivity index (χ0) is 15.6. The highest BCUT2D eigenvalue weighted by molar-refractivity contribution is 5.92. The van der Waals surface area contributed by atoms with E-state index in [1.807, 2.05) is 30.3 Å². The number of H-pyrrole nitrogens is 1. The zero-order valence-corrected chi connectivity index (χ0v) is 12.5. The number of rotatable bonds is 8. The second-order valence-corrected chi connectivity index (χ2v) is 5.06. The van der Waals surface area contributed by atoms with E-state index >= 15 is 0 Å². The van der Waals surface area contributed by atoms with Crippen molar-refractivity contribution in [3.8, 4) is 0 Å². The van der Waals surface area contributed by atoms with Crippen molar-refractivity contribution in [2.45, 2.75) is 25.7 Å². The van der Waals surface area contributed by atoms with Gasteiger partial charge in [-0.1, -0.05) is 24.6 Å². The number of aromatic amines is 1. The summed E-state index contributed by atoms with van der Waals surface area (Å²) in [5, 5.41) is 5.70. The third-order valence-corrected chi connectivity index (χ3v) is 3.27. The molecule has 0 aliphatic rings. The van der Waals surface area contributed by atoms with E-state index in [0.29, 0.717) is 18.7 Å². The van der Waals surface area contributed by atoms with Crippen LogP contribution in [0.2, 0.25) is 0 Å². The van der Waals surface area contributed by atoms with Crippen LogP contribution >= 0.6 is 0 Å². The Morgan fingerprint density at radius 2 is 1.77 bits per heavy atom. The van der Waals surface area contributed by atoms with Crippen molar-refractivity contribution in [1.82, 2.24) is 10.3 Å². The molecule has 5 nitrogen and oxygen atoms in total. The molecule has 2 amide bonds. The topological polar surface area (TPSA) is 74.0 Å². The zero-order valence-electron chi connectivity index (χ0n) is 12.5. The van der Waals surface area contributed by atoms with E-state index in [2.05, 4.69) is 15.6 Å². The molecule has 1 aromatic carbocycles. The maximum absolute atomic E-state index is 11.7. The molecule has 0 aliphatic carbocycles. The Balaban J connectivity index is 1.52. The molecule has 1 heterocycles. The van der Waals surface area contributed by atoms with Gasteiger partial charge in [0, 0.05) is 24.8 Å². The number of carbonyl (C=O) groups excluding carboxylic acids is 2. The maximum Gasteiger partial charge on any atom is 0.267 e. The monoisotopic (exact) mass is 299 g/mol. The number of amides is 2. The van der Waals surface area contributed by atoms with Gasteiger partial charge in [-0.3, -0.25) is 9.59 Å². The second-order valence-electron chi connectivity index (χ2n) is 5.06. The first kappa shape index (κ1) is 15.8. The van der Waals surface area contributed by atoms with Gasteiger partial charge >= 0.3 is 0 Å². The number of unbranched alkanes of at least 4 members (excludes halogenated alkanes) is 2. The van der Waals surface area contributed by atoms with Crippen molar-refractivity contribution in [2.75, 3.05) is 11.9 Å². The average Bonchev–Trinajstić information content (AvgIpc) is 3.06. The lowest BCUT2D eigenvalue weighted by molar-refractivity contribution is -0.116. The van der Waals surface area contributed by atoms with Gasteiger partial charge in [0.15, 0.2) is 0 Å². The molecule has 1 aromatic heterocycles. The SMILES string of the molecule is O=C(CCCCCNC(=O)c1ccc[nH]1)Nc1ccccc1. The van der Waals surface area contributed by atoms with Gasteiger partial charge < -0.3 is 15.6 Å². The van der Waals surface area contributed by atoms with E-state index in [1.54, 1.807) is 18.3 Å². The van der Waals surface area contributed by atoms with Crippen molar-refractivity contribution in [1.29, 1.82) is 0 Å². The molecule has 0 unspecified atom stereocenters. The Morgan fingerprint density at radius 3 is 2.50 bits per heavy atom. The maximum atomic E-state index is 11.7. The van der Waals surface area contributed by atoms with Crippen LogP contribution in [0.4, 0.5) is 5.69 Å². The number of anilines is 1. The highest BCUT2D eigenvalue weighted by atomic mass is 16.2. The Bertz CT molecular complexity index is 579. The predicted octanol–water partition coefficient (Wildman–Crippen LogP) is 2.94. The summed E-state index contributed by atoms with van der Waals surface area (Å²) in [6, 6.07) is 13.0. The average molecular weight is 299 g/mol. The van der Waals surface area contributed by atoms with Crippen LogP contribution in [0.15, 0.2) is 48.7 Å². The molecule has 0 bridgehead atoms. The van der Waals surface area contributed by atoms with Crippen molar-refractivity contribution < 1.29 is 9.59 Å². The third-order valence-electron chi connectivity index (χ3n) is 3.27. The van der Waals surface area contributed by atoms with Crippen LogP contribution in [-0.2, 0) is 4.79 Å². The van der Waals surface area contributed by atoms with Crippen LogP contribution in [-0.4, -0.2) is 23.3 Å². The number of carbonyl (C=O) groups is 2.